The summed E-state index contributed by atoms with van der Waals surface area (Å²) in [5.41, 5.74) is 3.29. The Balaban J connectivity index is 1.99. The van der Waals surface area contributed by atoms with Crippen LogP contribution in [0.4, 0.5) is 5.82 Å². The van der Waals surface area contributed by atoms with Crippen molar-refractivity contribution in [3.05, 3.63) is 41.6 Å². The largest absolute Gasteiger partial charge is 0.354 e. The molecule has 1 aliphatic heterocycles. The number of benzene rings is 1. The van der Waals surface area contributed by atoms with E-state index in [1.54, 1.807) is 0 Å². The summed E-state index contributed by atoms with van der Waals surface area (Å²) in [4.78, 5) is 20.8. The second kappa shape index (κ2) is 13.1. The summed E-state index contributed by atoms with van der Waals surface area (Å²) >= 11 is 0. The first-order valence-corrected chi connectivity index (χ1v) is 13.7. The van der Waals surface area contributed by atoms with E-state index in [9.17, 15) is 4.79 Å². The van der Waals surface area contributed by atoms with Gasteiger partial charge in [-0.15, -0.1) is 0 Å². The zero-order valence-electron chi connectivity index (χ0n) is 23.0. The highest BCUT2D eigenvalue weighted by molar-refractivity contribution is 5.79. The quantitative estimate of drug-likeness (QED) is 0.400. The minimum absolute atomic E-state index is 0.110. The number of para-hydroxylation sites is 1. The Morgan fingerprint density at radius 3 is 2.34 bits per heavy atom. The third-order valence-corrected chi connectivity index (χ3v) is 7.35. The molecule has 1 atom stereocenters. The van der Waals surface area contributed by atoms with E-state index in [0.717, 1.165) is 82.0 Å². The van der Waals surface area contributed by atoms with Crippen molar-refractivity contribution < 1.29 is 4.79 Å². The summed E-state index contributed by atoms with van der Waals surface area (Å²) < 4.78 is 2.11. The summed E-state index contributed by atoms with van der Waals surface area (Å²) in [5.74, 6) is 2.15. The number of carbonyl (C=O) groups excluding carboxylic acids is 1. The first-order valence-electron chi connectivity index (χ1n) is 13.7. The zero-order valence-corrected chi connectivity index (χ0v) is 23.0. The number of rotatable bonds is 12. The highest BCUT2D eigenvalue weighted by Crippen LogP contribution is 2.30. The summed E-state index contributed by atoms with van der Waals surface area (Å²) in [7, 11) is 2.19. The van der Waals surface area contributed by atoms with Crippen molar-refractivity contribution in [2.75, 3.05) is 44.7 Å². The van der Waals surface area contributed by atoms with Crippen molar-refractivity contribution in [1.82, 2.24) is 19.6 Å². The van der Waals surface area contributed by atoms with Crippen LogP contribution >= 0.6 is 0 Å². The van der Waals surface area contributed by atoms with Gasteiger partial charge in [0, 0.05) is 44.2 Å². The molecule has 35 heavy (non-hydrogen) atoms. The van der Waals surface area contributed by atoms with Gasteiger partial charge in [0.25, 0.3) is 0 Å². The number of amides is 1. The van der Waals surface area contributed by atoms with Crippen LogP contribution in [0, 0.1) is 18.8 Å². The van der Waals surface area contributed by atoms with Gasteiger partial charge < -0.3 is 14.7 Å². The normalized spacial score (nSPS) is 15.6. The molecule has 0 saturated carbocycles. The monoisotopic (exact) mass is 481 g/mol. The Kier molecular flexibility index (Phi) is 10.2. The number of aryl methyl sites for hydroxylation is 1. The highest BCUT2D eigenvalue weighted by Gasteiger charge is 2.29. The number of hydrogen-bond donors (Lipinski definition) is 0. The minimum atomic E-state index is 0.110. The molecule has 1 saturated heterocycles. The van der Waals surface area contributed by atoms with Crippen LogP contribution < -0.4 is 4.90 Å². The lowest BCUT2D eigenvalue weighted by atomic mass is 9.97. The zero-order chi connectivity index (χ0) is 25.4. The Labute approximate surface area is 213 Å². The number of piperazine rings is 1. The average molecular weight is 482 g/mol. The van der Waals surface area contributed by atoms with E-state index in [0.29, 0.717) is 18.4 Å². The van der Waals surface area contributed by atoms with Crippen LogP contribution in [0.5, 0.6) is 0 Å². The molecule has 6 heteroatoms. The van der Waals surface area contributed by atoms with Gasteiger partial charge in [0.2, 0.25) is 5.91 Å². The maximum Gasteiger partial charge on any atom is 0.225 e. The van der Waals surface area contributed by atoms with Crippen LogP contribution in [0.3, 0.4) is 0 Å². The third kappa shape index (κ3) is 7.09. The third-order valence-electron chi connectivity index (χ3n) is 7.35. The molecular weight excluding hydrogens is 434 g/mol. The molecule has 3 rings (SSSR count). The number of aromatic nitrogens is 2. The first kappa shape index (κ1) is 27.3. The first-order chi connectivity index (χ1) is 16.8. The van der Waals surface area contributed by atoms with E-state index in [4.69, 9.17) is 5.10 Å². The summed E-state index contributed by atoms with van der Waals surface area (Å²) in [5, 5.41) is 5.02. The number of likely N-dealkylation sites (N-methyl/N-ethyl adjacent to an activating group) is 1. The van der Waals surface area contributed by atoms with Gasteiger partial charge in [0.15, 0.2) is 0 Å². The minimum Gasteiger partial charge on any atom is -0.354 e. The fourth-order valence-corrected chi connectivity index (χ4v) is 4.91. The van der Waals surface area contributed by atoms with E-state index < -0.39 is 0 Å². The molecule has 0 unspecified atom stereocenters. The van der Waals surface area contributed by atoms with Gasteiger partial charge in [-0.1, -0.05) is 58.7 Å². The van der Waals surface area contributed by atoms with E-state index in [2.05, 4.69) is 85.3 Å². The van der Waals surface area contributed by atoms with Crippen LogP contribution in [0.2, 0.25) is 0 Å². The van der Waals surface area contributed by atoms with E-state index >= 15 is 0 Å². The highest BCUT2D eigenvalue weighted by atomic mass is 16.2. The molecule has 194 valence electrons. The molecule has 1 aromatic heterocycles. The molecule has 0 bridgehead atoms. The molecule has 0 spiro atoms. The molecule has 2 aromatic rings. The lowest BCUT2D eigenvalue weighted by molar-refractivity contribution is -0.136. The molecule has 0 radical (unpaired) electrons. The molecule has 0 N–H and O–H groups in total. The van der Waals surface area contributed by atoms with Crippen LogP contribution in [-0.2, 0) is 11.3 Å². The van der Waals surface area contributed by atoms with Gasteiger partial charge >= 0.3 is 0 Å². The van der Waals surface area contributed by atoms with Crippen LogP contribution in [0.25, 0.3) is 5.69 Å². The Hall–Kier alpha value is -2.34. The Morgan fingerprint density at radius 2 is 1.74 bits per heavy atom. The van der Waals surface area contributed by atoms with Crippen LogP contribution in [0.1, 0.15) is 71.1 Å². The van der Waals surface area contributed by atoms with Gasteiger partial charge in [-0.25, -0.2) is 4.68 Å². The lowest BCUT2D eigenvalue weighted by Gasteiger charge is -2.35. The van der Waals surface area contributed by atoms with Crippen LogP contribution in [0.15, 0.2) is 30.3 Å². The standard InChI is InChI=1S/C29H47N5O/c1-7-9-13-25(8-2)29(35)33(17-16-23(3)4)22-27-24(5)30-34(26-14-11-10-12-15-26)28(27)32-20-18-31(6)19-21-32/h10-12,14-15,23,25H,7-9,13,16-22H2,1-6H3/t25-/m1/s1. The molecule has 0 aliphatic carbocycles. The van der Waals surface area contributed by atoms with Gasteiger partial charge in [0.1, 0.15) is 5.82 Å². The van der Waals surface area contributed by atoms with Gasteiger partial charge in [-0.05, 0) is 51.3 Å². The number of anilines is 1. The maximum absolute atomic E-state index is 13.8. The smallest absolute Gasteiger partial charge is 0.225 e. The molecular formula is C29H47N5O. The fraction of sp³-hybridized carbons (Fsp3) is 0.655. The maximum atomic E-state index is 13.8. The van der Waals surface area contributed by atoms with Crippen molar-refractivity contribution in [1.29, 1.82) is 0 Å². The van der Waals surface area contributed by atoms with Gasteiger partial charge in [-0.3, -0.25) is 4.79 Å². The number of carbonyl (C=O) groups is 1. The van der Waals surface area contributed by atoms with Crippen molar-refractivity contribution >= 4 is 11.7 Å². The molecule has 2 heterocycles. The second-order valence-corrected chi connectivity index (χ2v) is 10.6. The summed E-state index contributed by atoms with van der Waals surface area (Å²) in [6, 6.07) is 10.4. The second-order valence-electron chi connectivity index (χ2n) is 10.6. The molecule has 6 nitrogen and oxygen atoms in total. The molecule has 1 aromatic carbocycles. The fourth-order valence-electron chi connectivity index (χ4n) is 4.91. The van der Waals surface area contributed by atoms with Crippen molar-refractivity contribution in [2.45, 2.75) is 73.3 Å². The average Bonchev–Trinajstić information content (AvgIpc) is 3.18. The van der Waals surface area contributed by atoms with Crippen molar-refractivity contribution in [2.24, 2.45) is 11.8 Å². The molecule has 1 amide bonds. The molecule has 1 aliphatic rings. The predicted octanol–water partition coefficient (Wildman–Crippen LogP) is 5.52. The number of nitrogens with zero attached hydrogens (tertiary/aromatic N) is 5. The van der Waals surface area contributed by atoms with Crippen LogP contribution in [-0.4, -0.2) is 65.3 Å². The lowest BCUT2D eigenvalue weighted by Crippen LogP contribution is -2.46. The van der Waals surface area contributed by atoms with E-state index in [1.807, 2.05) is 6.07 Å². The predicted molar refractivity (Wildman–Crippen MR) is 146 cm³/mol. The van der Waals surface area contributed by atoms with Gasteiger partial charge in [0.05, 0.1) is 17.9 Å². The SMILES string of the molecule is CCCC[C@@H](CC)C(=O)N(CCC(C)C)Cc1c(C)nn(-c2ccccc2)c1N1CCN(C)CC1. The van der Waals surface area contributed by atoms with E-state index in [-0.39, 0.29) is 5.92 Å². The Bertz CT molecular complexity index is 915. The van der Waals surface area contributed by atoms with Crippen molar-refractivity contribution in [3.63, 3.8) is 0 Å². The van der Waals surface area contributed by atoms with Gasteiger partial charge in [-0.2, -0.15) is 5.10 Å². The molecule has 1 fully saturated rings. The topological polar surface area (TPSA) is 44.6 Å². The summed E-state index contributed by atoms with van der Waals surface area (Å²) in [6.45, 7) is 16.4. The van der Waals surface area contributed by atoms with Crippen molar-refractivity contribution in [3.8, 4) is 5.69 Å². The summed E-state index contributed by atoms with van der Waals surface area (Å²) in [6.07, 6.45) is 5.15. The van der Waals surface area contributed by atoms with E-state index in [1.165, 1.54) is 5.56 Å². The number of unbranched alkanes of at least 4 members (excludes halogenated alkanes) is 1. The number of hydrogen-bond acceptors (Lipinski definition) is 4. The Morgan fingerprint density at radius 1 is 1.06 bits per heavy atom.